The fourth-order valence-corrected chi connectivity index (χ4v) is 3.55. The molecule has 4 rings (SSSR count). The molecule has 0 N–H and O–H groups in total. The van der Waals surface area contributed by atoms with Crippen molar-refractivity contribution in [1.82, 2.24) is 9.78 Å². The van der Waals surface area contributed by atoms with Crippen LogP contribution in [0.25, 0.3) is 11.3 Å². The molecule has 27 heavy (non-hydrogen) atoms. The second-order valence-corrected chi connectivity index (χ2v) is 6.60. The molecule has 136 valence electrons. The number of hydrogen-bond donors (Lipinski definition) is 0. The van der Waals surface area contributed by atoms with Gasteiger partial charge in [0.15, 0.2) is 0 Å². The van der Waals surface area contributed by atoms with Crippen LogP contribution in [-0.2, 0) is 19.5 Å². The lowest BCUT2D eigenvalue weighted by atomic mass is 10.1. The van der Waals surface area contributed by atoms with Crippen LogP contribution < -0.4 is 4.90 Å². The molecule has 2 heterocycles. The van der Waals surface area contributed by atoms with Crippen molar-refractivity contribution >= 4 is 5.69 Å². The predicted octanol–water partition coefficient (Wildman–Crippen LogP) is 4.30. The van der Waals surface area contributed by atoms with Gasteiger partial charge in [0, 0.05) is 47.7 Å². The summed E-state index contributed by atoms with van der Waals surface area (Å²) in [6, 6.07) is 14.3. The van der Waals surface area contributed by atoms with Crippen molar-refractivity contribution in [2.24, 2.45) is 0 Å². The summed E-state index contributed by atoms with van der Waals surface area (Å²) < 4.78 is 29.5. The van der Waals surface area contributed by atoms with E-state index in [0.717, 1.165) is 22.9 Å². The highest BCUT2D eigenvalue weighted by Crippen LogP contribution is 2.33. The van der Waals surface area contributed by atoms with Crippen molar-refractivity contribution in [1.29, 1.82) is 5.26 Å². The van der Waals surface area contributed by atoms with Gasteiger partial charge in [-0.25, -0.2) is 8.78 Å². The van der Waals surface area contributed by atoms with Crippen LogP contribution in [0.15, 0.2) is 48.7 Å². The molecular weight excluding hydrogens is 346 g/mol. The van der Waals surface area contributed by atoms with Crippen molar-refractivity contribution in [3.63, 3.8) is 0 Å². The zero-order chi connectivity index (χ0) is 18.8. The largest absolute Gasteiger partial charge is 0.366 e. The molecule has 2 aromatic carbocycles. The maximum Gasteiger partial charge on any atom is 0.131 e. The Hall–Kier alpha value is -3.20. The first-order valence-corrected chi connectivity index (χ1v) is 8.87. The molecule has 6 heteroatoms. The number of aryl methyl sites for hydroxylation is 1. The van der Waals surface area contributed by atoms with Gasteiger partial charge >= 0.3 is 0 Å². The molecule has 4 nitrogen and oxygen atoms in total. The summed E-state index contributed by atoms with van der Waals surface area (Å²) in [6.07, 6.45) is 2.86. The molecule has 0 aliphatic carbocycles. The van der Waals surface area contributed by atoms with E-state index in [1.165, 1.54) is 6.07 Å². The number of nitrogens with zero attached hydrogens (tertiary/aromatic N) is 4. The first-order chi connectivity index (χ1) is 13.2. The standard InChI is InChI=1S/C21H18F2N4/c22-17-11-19(23)18-7-10-26(20(18)12-17)13-16-14-27(9-4-8-24)25-21(16)15-5-2-1-3-6-15/h1-3,5-6,11-12,14H,4,7,9-10,13H2. The summed E-state index contributed by atoms with van der Waals surface area (Å²) >= 11 is 0. The predicted molar refractivity (Wildman–Crippen MR) is 99.0 cm³/mol. The normalized spacial score (nSPS) is 12.9. The Morgan fingerprint density at radius 1 is 1.15 bits per heavy atom. The monoisotopic (exact) mass is 364 g/mol. The molecule has 0 saturated carbocycles. The number of anilines is 1. The SMILES string of the molecule is N#CCCn1cc(CN2CCc3c(F)cc(F)cc32)c(-c2ccccc2)n1. The summed E-state index contributed by atoms with van der Waals surface area (Å²) in [5.41, 5.74) is 3.95. The molecule has 0 bridgehead atoms. The average Bonchev–Trinajstić information content (AvgIpc) is 3.26. The minimum atomic E-state index is -0.564. The van der Waals surface area contributed by atoms with E-state index in [1.807, 2.05) is 41.4 Å². The number of fused-ring (bicyclic) bond motifs is 1. The van der Waals surface area contributed by atoms with E-state index < -0.39 is 11.6 Å². The number of hydrogen-bond acceptors (Lipinski definition) is 3. The first-order valence-electron chi connectivity index (χ1n) is 8.87. The van der Waals surface area contributed by atoms with Crippen molar-refractivity contribution in [2.75, 3.05) is 11.4 Å². The maximum absolute atomic E-state index is 14.0. The summed E-state index contributed by atoms with van der Waals surface area (Å²) in [7, 11) is 0. The molecule has 0 spiro atoms. The van der Waals surface area contributed by atoms with E-state index in [1.54, 1.807) is 4.68 Å². The van der Waals surface area contributed by atoms with Gasteiger partial charge in [0.2, 0.25) is 0 Å². The van der Waals surface area contributed by atoms with Gasteiger partial charge in [0.1, 0.15) is 11.6 Å². The third-order valence-corrected chi connectivity index (χ3v) is 4.81. The number of aromatic nitrogens is 2. The summed E-state index contributed by atoms with van der Waals surface area (Å²) in [6.45, 7) is 1.65. The van der Waals surface area contributed by atoms with Crippen LogP contribution in [-0.4, -0.2) is 16.3 Å². The van der Waals surface area contributed by atoms with Gasteiger partial charge in [-0.1, -0.05) is 30.3 Å². The van der Waals surface area contributed by atoms with Gasteiger partial charge in [-0.3, -0.25) is 4.68 Å². The van der Waals surface area contributed by atoms with Crippen LogP contribution in [0.1, 0.15) is 17.5 Å². The van der Waals surface area contributed by atoms with Crippen LogP contribution in [0, 0.1) is 23.0 Å². The van der Waals surface area contributed by atoms with Crippen molar-refractivity contribution in [3.8, 4) is 17.3 Å². The zero-order valence-corrected chi connectivity index (χ0v) is 14.7. The maximum atomic E-state index is 14.0. The molecular formula is C21H18F2N4. The van der Waals surface area contributed by atoms with Gasteiger partial charge in [-0.2, -0.15) is 10.4 Å². The molecule has 0 amide bonds. The molecule has 0 fully saturated rings. The van der Waals surface area contributed by atoms with Crippen molar-refractivity contribution in [3.05, 3.63) is 71.4 Å². The molecule has 1 aliphatic heterocycles. The van der Waals surface area contributed by atoms with E-state index in [0.29, 0.717) is 43.7 Å². The van der Waals surface area contributed by atoms with Crippen LogP contribution in [0.2, 0.25) is 0 Å². The van der Waals surface area contributed by atoms with E-state index in [4.69, 9.17) is 5.26 Å². The average molecular weight is 364 g/mol. The Bertz CT molecular complexity index is 1010. The van der Waals surface area contributed by atoms with Gasteiger partial charge in [0.25, 0.3) is 0 Å². The highest BCUT2D eigenvalue weighted by molar-refractivity contribution is 5.65. The number of rotatable bonds is 5. The third kappa shape index (κ3) is 3.41. The number of benzene rings is 2. The third-order valence-electron chi connectivity index (χ3n) is 4.81. The van der Waals surface area contributed by atoms with Gasteiger partial charge in [-0.05, 0) is 12.5 Å². The minimum Gasteiger partial charge on any atom is -0.366 e. The first kappa shape index (κ1) is 17.2. The summed E-state index contributed by atoms with van der Waals surface area (Å²) in [5.74, 6) is -1.05. The molecule has 1 aliphatic rings. The summed E-state index contributed by atoms with van der Waals surface area (Å²) in [4.78, 5) is 1.99. The second-order valence-electron chi connectivity index (χ2n) is 6.60. The second kappa shape index (κ2) is 7.20. The fraction of sp³-hybridized carbons (Fsp3) is 0.238. The Balaban J connectivity index is 1.69. The Kier molecular flexibility index (Phi) is 4.59. The van der Waals surface area contributed by atoms with Gasteiger partial charge < -0.3 is 4.90 Å². The van der Waals surface area contributed by atoms with Gasteiger partial charge in [0.05, 0.1) is 24.7 Å². The Morgan fingerprint density at radius 2 is 1.96 bits per heavy atom. The molecule has 0 radical (unpaired) electrons. The molecule has 3 aromatic rings. The number of nitriles is 1. The van der Waals surface area contributed by atoms with E-state index in [-0.39, 0.29) is 0 Å². The lowest BCUT2D eigenvalue weighted by Gasteiger charge is -2.19. The molecule has 0 atom stereocenters. The van der Waals surface area contributed by atoms with E-state index >= 15 is 0 Å². The topological polar surface area (TPSA) is 44.9 Å². The molecule has 1 aromatic heterocycles. The lowest BCUT2D eigenvalue weighted by Crippen LogP contribution is -2.20. The Morgan fingerprint density at radius 3 is 2.74 bits per heavy atom. The van der Waals surface area contributed by atoms with Crippen LogP contribution in [0.3, 0.4) is 0 Å². The lowest BCUT2D eigenvalue weighted by molar-refractivity contribution is 0.577. The molecule has 0 unspecified atom stereocenters. The number of halogens is 2. The van der Waals surface area contributed by atoms with Crippen LogP contribution in [0.5, 0.6) is 0 Å². The van der Waals surface area contributed by atoms with Crippen molar-refractivity contribution < 1.29 is 8.78 Å². The zero-order valence-electron chi connectivity index (χ0n) is 14.7. The van der Waals surface area contributed by atoms with E-state index in [9.17, 15) is 8.78 Å². The highest BCUT2D eigenvalue weighted by Gasteiger charge is 2.25. The Labute approximate surface area is 156 Å². The smallest absolute Gasteiger partial charge is 0.131 e. The van der Waals surface area contributed by atoms with E-state index in [2.05, 4.69) is 11.2 Å². The molecule has 0 saturated heterocycles. The van der Waals surface area contributed by atoms with Crippen LogP contribution >= 0.6 is 0 Å². The van der Waals surface area contributed by atoms with Crippen LogP contribution in [0.4, 0.5) is 14.5 Å². The fourth-order valence-electron chi connectivity index (χ4n) is 3.55. The summed E-state index contributed by atoms with van der Waals surface area (Å²) in [5, 5.41) is 13.5. The quantitative estimate of drug-likeness (QED) is 0.678. The van der Waals surface area contributed by atoms with Crippen molar-refractivity contribution in [2.45, 2.75) is 25.9 Å². The highest BCUT2D eigenvalue weighted by atomic mass is 19.1. The minimum absolute atomic E-state index is 0.373. The van der Waals surface area contributed by atoms with Gasteiger partial charge in [-0.15, -0.1) is 0 Å².